The lowest BCUT2D eigenvalue weighted by atomic mass is 10.1. The van der Waals surface area contributed by atoms with Crippen LogP contribution < -0.4 is 9.62 Å². The molecule has 0 aliphatic carbocycles. The number of carbonyl (C=O) groups excluding carboxylic acids is 2. The molecule has 0 radical (unpaired) electrons. The van der Waals surface area contributed by atoms with Crippen molar-refractivity contribution in [2.75, 3.05) is 17.4 Å². The van der Waals surface area contributed by atoms with Crippen molar-refractivity contribution in [3.8, 4) is 0 Å². The van der Waals surface area contributed by atoms with Crippen LogP contribution >= 0.6 is 0 Å². The lowest BCUT2D eigenvalue weighted by molar-refractivity contribution is -0.384. The van der Waals surface area contributed by atoms with Gasteiger partial charge >= 0.3 is 0 Å². The summed E-state index contributed by atoms with van der Waals surface area (Å²) in [4.78, 5) is 39.0. The van der Waals surface area contributed by atoms with Crippen LogP contribution in [0.4, 0.5) is 11.4 Å². The summed E-state index contributed by atoms with van der Waals surface area (Å²) in [7, 11) is -4.31. The van der Waals surface area contributed by atoms with Crippen molar-refractivity contribution in [1.82, 2.24) is 10.2 Å². The predicted octanol–water partition coefficient (Wildman–Crippen LogP) is 4.43. The quantitative estimate of drug-likeness (QED) is 0.185. The number of amides is 2. The molecule has 2 amide bonds. The summed E-state index contributed by atoms with van der Waals surface area (Å²) in [5.41, 5.74) is 1.38. The van der Waals surface area contributed by atoms with Crippen LogP contribution in [-0.4, -0.2) is 49.2 Å². The maximum absolute atomic E-state index is 13.9. The Balaban J connectivity index is 2.03. The molecule has 3 rings (SSSR count). The number of hydrogen-bond acceptors (Lipinski definition) is 6. The SMILES string of the molecule is CCCCNC(=O)C(C)N(Cc1cccc(C)c1)C(=O)CN(c1cccc([N+](=O)[O-])c1)S(=O)(=O)c1ccccc1. The van der Waals surface area contributed by atoms with E-state index in [0.717, 1.165) is 34.3 Å². The molecule has 0 saturated heterocycles. The van der Waals surface area contributed by atoms with Crippen LogP contribution in [0.25, 0.3) is 0 Å². The summed E-state index contributed by atoms with van der Waals surface area (Å²) < 4.78 is 28.4. The van der Waals surface area contributed by atoms with E-state index in [1.165, 1.54) is 35.2 Å². The highest BCUT2D eigenvalue weighted by Gasteiger charge is 2.33. The molecule has 0 aliphatic heterocycles. The van der Waals surface area contributed by atoms with Crippen LogP contribution in [0.1, 0.15) is 37.8 Å². The number of unbranched alkanes of at least 4 members (excludes halogenated alkanes) is 1. The fourth-order valence-electron chi connectivity index (χ4n) is 4.14. The third-order valence-corrected chi connectivity index (χ3v) is 8.16. The number of non-ortho nitro benzene ring substituents is 1. The number of nitrogens with one attached hydrogen (secondary N) is 1. The second-order valence-electron chi connectivity index (χ2n) is 9.43. The number of nitro groups is 1. The molecule has 1 N–H and O–H groups in total. The number of rotatable bonds is 13. The van der Waals surface area contributed by atoms with Crippen molar-refractivity contribution in [3.05, 3.63) is 100 Å². The number of hydrogen-bond donors (Lipinski definition) is 1. The molecule has 0 fully saturated rings. The van der Waals surface area contributed by atoms with Gasteiger partial charge in [-0.1, -0.05) is 67.4 Å². The topological polar surface area (TPSA) is 130 Å². The number of nitrogens with zero attached hydrogens (tertiary/aromatic N) is 3. The van der Waals surface area contributed by atoms with Gasteiger partial charge in [0.2, 0.25) is 11.8 Å². The highest BCUT2D eigenvalue weighted by Crippen LogP contribution is 2.27. The van der Waals surface area contributed by atoms with E-state index in [1.807, 2.05) is 38.1 Å². The number of sulfonamides is 1. The van der Waals surface area contributed by atoms with E-state index in [4.69, 9.17) is 0 Å². The minimum absolute atomic E-state index is 0.0399. The second-order valence-corrected chi connectivity index (χ2v) is 11.3. The Bertz CT molecular complexity index is 1450. The zero-order valence-electron chi connectivity index (χ0n) is 22.8. The molecule has 0 saturated carbocycles. The van der Waals surface area contributed by atoms with Crippen LogP contribution in [0.15, 0.2) is 83.8 Å². The molecule has 40 heavy (non-hydrogen) atoms. The molecule has 0 bridgehead atoms. The Morgan fingerprint density at radius 2 is 1.70 bits per heavy atom. The second kappa shape index (κ2) is 13.7. The molecular formula is C29H34N4O6S. The van der Waals surface area contributed by atoms with Crippen LogP contribution in [0.2, 0.25) is 0 Å². The Morgan fingerprint density at radius 1 is 1.00 bits per heavy atom. The summed E-state index contributed by atoms with van der Waals surface area (Å²) in [5, 5.41) is 14.3. The monoisotopic (exact) mass is 566 g/mol. The Hall–Kier alpha value is -4.25. The molecule has 0 aliphatic rings. The minimum Gasteiger partial charge on any atom is -0.354 e. The first-order valence-electron chi connectivity index (χ1n) is 13.0. The number of carbonyl (C=O) groups is 2. The van der Waals surface area contributed by atoms with Gasteiger partial charge in [0, 0.05) is 25.2 Å². The molecule has 212 valence electrons. The molecule has 0 spiro atoms. The average Bonchev–Trinajstić information content (AvgIpc) is 2.94. The van der Waals surface area contributed by atoms with Gasteiger partial charge in [-0.2, -0.15) is 0 Å². The number of nitro benzene ring substituents is 1. The van der Waals surface area contributed by atoms with Gasteiger partial charge < -0.3 is 10.2 Å². The maximum Gasteiger partial charge on any atom is 0.271 e. The normalized spacial score (nSPS) is 11.9. The van der Waals surface area contributed by atoms with Gasteiger partial charge in [-0.3, -0.25) is 24.0 Å². The van der Waals surface area contributed by atoms with Gasteiger partial charge in [-0.15, -0.1) is 0 Å². The van der Waals surface area contributed by atoms with Gasteiger partial charge in [0.05, 0.1) is 15.5 Å². The number of benzene rings is 3. The molecule has 0 aromatic heterocycles. The van der Waals surface area contributed by atoms with Gasteiger partial charge in [0.25, 0.3) is 15.7 Å². The van der Waals surface area contributed by atoms with Crippen molar-refractivity contribution >= 4 is 33.2 Å². The van der Waals surface area contributed by atoms with E-state index >= 15 is 0 Å². The largest absolute Gasteiger partial charge is 0.354 e. The van der Waals surface area contributed by atoms with E-state index in [-0.39, 0.29) is 28.7 Å². The third kappa shape index (κ3) is 7.66. The smallest absolute Gasteiger partial charge is 0.271 e. The highest BCUT2D eigenvalue weighted by molar-refractivity contribution is 7.92. The first-order chi connectivity index (χ1) is 19.0. The van der Waals surface area contributed by atoms with Crippen LogP contribution in [0.5, 0.6) is 0 Å². The van der Waals surface area contributed by atoms with E-state index < -0.39 is 33.4 Å². The summed E-state index contributed by atoms with van der Waals surface area (Å²) in [6, 6.07) is 19.2. The number of anilines is 1. The van der Waals surface area contributed by atoms with Crippen LogP contribution in [0, 0.1) is 17.0 Å². The minimum atomic E-state index is -4.31. The molecule has 1 unspecified atom stereocenters. The Labute approximate surface area is 234 Å². The van der Waals surface area contributed by atoms with Crippen molar-refractivity contribution in [2.24, 2.45) is 0 Å². The van der Waals surface area contributed by atoms with Crippen molar-refractivity contribution in [2.45, 2.75) is 51.1 Å². The van der Waals surface area contributed by atoms with Gasteiger partial charge in [-0.25, -0.2) is 8.42 Å². The van der Waals surface area contributed by atoms with Crippen molar-refractivity contribution in [3.63, 3.8) is 0 Å². The predicted molar refractivity (Wildman–Crippen MR) is 153 cm³/mol. The fraction of sp³-hybridized carbons (Fsp3) is 0.310. The van der Waals surface area contributed by atoms with Crippen molar-refractivity contribution < 1.29 is 22.9 Å². The first kappa shape index (κ1) is 30.3. The third-order valence-electron chi connectivity index (χ3n) is 6.37. The Kier molecular flexibility index (Phi) is 10.4. The highest BCUT2D eigenvalue weighted by atomic mass is 32.2. The van der Waals surface area contributed by atoms with Gasteiger partial charge in [0.1, 0.15) is 12.6 Å². The summed E-state index contributed by atoms with van der Waals surface area (Å²) in [6.45, 7) is 5.35. The van der Waals surface area contributed by atoms with E-state index in [9.17, 15) is 28.1 Å². The number of aryl methyl sites for hydroxylation is 1. The van der Waals surface area contributed by atoms with E-state index in [1.54, 1.807) is 25.1 Å². The molecule has 11 heteroatoms. The molecule has 3 aromatic carbocycles. The summed E-state index contributed by atoms with van der Waals surface area (Å²) in [5.74, 6) is -0.993. The standard InChI is InChI=1S/C29H34N4O6S/c1-4-5-17-30-29(35)23(3)31(20-24-12-9-11-22(2)18-24)28(34)21-32(25-13-10-14-26(19-25)33(36)37)40(38,39)27-15-7-6-8-16-27/h6-16,18-19,23H,4-5,17,20-21H2,1-3H3,(H,30,35). The van der Waals surface area contributed by atoms with Gasteiger partial charge in [-0.05, 0) is 44.0 Å². The summed E-state index contributed by atoms with van der Waals surface area (Å²) >= 11 is 0. The van der Waals surface area contributed by atoms with E-state index in [0.29, 0.717) is 6.54 Å². The zero-order chi connectivity index (χ0) is 29.3. The van der Waals surface area contributed by atoms with Crippen LogP contribution in [-0.2, 0) is 26.2 Å². The molecule has 10 nitrogen and oxygen atoms in total. The van der Waals surface area contributed by atoms with Gasteiger partial charge in [0.15, 0.2) is 0 Å². The lowest BCUT2D eigenvalue weighted by Crippen LogP contribution is -2.51. The maximum atomic E-state index is 13.9. The van der Waals surface area contributed by atoms with Crippen LogP contribution in [0.3, 0.4) is 0 Å². The van der Waals surface area contributed by atoms with Crippen molar-refractivity contribution in [1.29, 1.82) is 0 Å². The molecule has 0 heterocycles. The summed E-state index contributed by atoms with van der Waals surface area (Å²) in [6.07, 6.45) is 1.66. The van der Waals surface area contributed by atoms with E-state index in [2.05, 4.69) is 5.32 Å². The lowest BCUT2D eigenvalue weighted by Gasteiger charge is -2.32. The molecule has 3 aromatic rings. The first-order valence-corrected chi connectivity index (χ1v) is 14.4. The fourth-order valence-corrected chi connectivity index (χ4v) is 5.56. The average molecular weight is 567 g/mol. The zero-order valence-corrected chi connectivity index (χ0v) is 23.6. The Morgan fingerprint density at radius 3 is 2.35 bits per heavy atom. The molecule has 1 atom stereocenters. The molecular weight excluding hydrogens is 532 g/mol.